The molecular formula is C14H18N2O5. The first-order valence-corrected chi connectivity index (χ1v) is 6.85. The Morgan fingerprint density at radius 2 is 2.24 bits per heavy atom. The minimum Gasteiger partial charge on any atom is -0.494 e. The Labute approximate surface area is 122 Å². The Morgan fingerprint density at radius 3 is 2.76 bits per heavy atom. The van der Waals surface area contributed by atoms with Gasteiger partial charge in [-0.1, -0.05) is 0 Å². The van der Waals surface area contributed by atoms with E-state index >= 15 is 0 Å². The summed E-state index contributed by atoms with van der Waals surface area (Å²) in [6, 6.07) is 4.35. The Balaban J connectivity index is 2.34. The van der Waals surface area contributed by atoms with Crippen LogP contribution in [-0.2, 0) is 4.79 Å². The number of ether oxygens (including phenoxy) is 1. The molecule has 1 aliphatic heterocycles. The summed E-state index contributed by atoms with van der Waals surface area (Å²) >= 11 is 0. The highest BCUT2D eigenvalue weighted by molar-refractivity contribution is 5.73. The van der Waals surface area contributed by atoms with E-state index in [1.54, 1.807) is 13.0 Å². The van der Waals surface area contributed by atoms with Gasteiger partial charge in [-0.05, 0) is 20.3 Å². The fourth-order valence-electron chi connectivity index (χ4n) is 2.72. The van der Waals surface area contributed by atoms with Crippen LogP contribution < -0.4 is 9.64 Å². The molecule has 0 amide bonds. The summed E-state index contributed by atoms with van der Waals surface area (Å²) in [4.78, 5) is 23.6. The normalized spacial score (nSPS) is 21.3. The minimum atomic E-state index is -0.833. The van der Waals surface area contributed by atoms with Gasteiger partial charge in [0, 0.05) is 30.4 Å². The molecule has 0 aromatic heterocycles. The molecule has 0 saturated carbocycles. The Hall–Kier alpha value is -2.31. The topological polar surface area (TPSA) is 92.9 Å². The number of hydrogen-bond acceptors (Lipinski definition) is 5. The summed E-state index contributed by atoms with van der Waals surface area (Å²) in [7, 11) is 0. The number of nitro benzene ring substituents is 1. The van der Waals surface area contributed by atoms with Crippen molar-refractivity contribution >= 4 is 17.3 Å². The van der Waals surface area contributed by atoms with Gasteiger partial charge in [-0.15, -0.1) is 0 Å². The van der Waals surface area contributed by atoms with Crippen LogP contribution in [0.15, 0.2) is 18.2 Å². The third kappa shape index (κ3) is 3.07. The number of carboxylic acid groups (broad SMARTS) is 1. The molecule has 0 spiro atoms. The first-order chi connectivity index (χ1) is 9.93. The Bertz CT molecular complexity index is 560. The number of aliphatic carboxylic acids is 1. The van der Waals surface area contributed by atoms with Crippen molar-refractivity contribution in [1.82, 2.24) is 0 Å². The summed E-state index contributed by atoms with van der Waals surface area (Å²) in [5, 5.41) is 20.2. The van der Waals surface area contributed by atoms with E-state index in [2.05, 4.69) is 0 Å². The fourth-order valence-corrected chi connectivity index (χ4v) is 2.72. The smallest absolute Gasteiger partial charge is 0.308 e. The molecule has 2 unspecified atom stereocenters. The second-order valence-corrected chi connectivity index (χ2v) is 5.04. The molecular weight excluding hydrogens is 276 g/mol. The predicted octanol–water partition coefficient (Wildman–Crippen LogP) is 2.29. The number of nitrogens with zero attached hydrogens (tertiary/aromatic N) is 2. The molecule has 0 bridgehead atoms. The van der Waals surface area contributed by atoms with Crippen molar-refractivity contribution in [3.05, 3.63) is 28.3 Å². The molecule has 7 nitrogen and oxygen atoms in total. The summed E-state index contributed by atoms with van der Waals surface area (Å²) in [5.41, 5.74) is 0.575. The zero-order valence-electron chi connectivity index (χ0n) is 12.0. The van der Waals surface area contributed by atoms with Crippen LogP contribution in [0, 0.1) is 16.0 Å². The van der Waals surface area contributed by atoms with Crippen molar-refractivity contribution in [2.45, 2.75) is 26.3 Å². The minimum absolute atomic E-state index is 0.0538. The maximum absolute atomic E-state index is 11.2. The summed E-state index contributed by atoms with van der Waals surface area (Å²) in [6.45, 7) is 4.60. The third-order valence-electron chi connectivity index (χ3n) is 3.80. The van der Waals surface area contributed by atoms with Gasteiger partial charge in [0.25, 0.3) is 5.69 Å². The van der Waals surface area contributed by atoms with Crippen LogP contribution in [0.4, 0.5) is 11.4 Å². The lowest BCUT2D eigenvalue weighted by Gasteiger charge is -2.25. The predicted molar refractivity (Wildman–Crippen MR) is 76.8 cm³/mol. The van der Waals surface area contributed by atoms with Crippen molar-refractivity contribution in [2.24, 2.45) is 5.92 Å². The number of non-ortho nitro benzene ring substituents is 1. The van der Waals surface area contributed by atoms with Gasteiger partial charge in [-0.2, -0.15) is 0 Å². The molecule has 1 fully saturated rings. The largest absolute Gasteiger partial charge is 0.494 e. The van der Waals surface area contributed by atoms with Gasteiger partial charge in [-0.3, -0.25) is 14.9 Å². The molecule has 1 saturated heterocycles. The van der Waals surface area contributed by atoms with Crippen LogP contribution in [0.5, 0.6) is 5.75 Å². The standard InChI is InChI=1S/C14H18N2O5/c1-3-21-12-7-10(6-11(8-12)16(19)20)15-5-4-13(9(15)2)14(17)18/h6-9,13H,3-5H2,1-2H3,(H,17,18). The molecule has 1 aromatic carbocycles. The van der Waals surface area contributed by atoms with E-state index < -0.39 is 16.8 Å². The molecule has 1 N–H and O–H groups in total. The molecule has 0 aliphatic carbocycles. The summed E-state index contributed by atoms with van der Waals surface area (Å²) in [6.07, 6.45) is 0.531. The average molecular weight is 294 g/mol. The molecule has 2 atom stereocenters. The lowest BCUT2D eigenvalue weighted by atomic mass is 10.0. The maximum Gasteiger partial charge on any atom is 0.308 e. The average Bonchev–Trinajstić information content (AvgIpc) is 2.80. The number of rotatable bonds is 5. The fraction of sp³-hybridized carbons (Fsp3) is 0.500. The van der Waals surface area contributed by atoms with Gasteiger partial charge in [0.1, 0.15) is 5.75 Å². The van der Waals surface area contributed by atoms with Crippen molar-refractivity contribution in [3.8, 4) is 5.75 Å². The van der Waals surface area contributed by atoms with Gasteiger partial charge >= 0.3 is 5.97 Å². The number of nitro groups is 1. The van der Waals surface area contributed by atoms with E-state index in [1.165, 1.54) is 12.1 Å². The van der Waals surface area contributed by atoms with E-state index in [0.29, 0.717) is 31.0 Å². The van der Waals surface area contributed by atoms with Crippen molar-refractivity contribution in [2.75, 3.05) is 18.1 Å². The number of carboxylic acids is 1. The molecule has 0 radical (unpaired) electrons. The highest BCUT2D eigenvalue weighted by Crippen LogP contribution is 2.34. The van der Waals surface area contributed by atoms with Gasteiger partial charge in [0.15, 0.2) is 0 Å². The van der Waals surface area contributed by atoms with Crippen LogP contribution in [-0.4, -0.2) is 35.2 Å². The van der Waals surface area contributed by atoms with E-state index in [4.69, 9.17) is 4.74 Å². The van der Waals surface area contributed by atoms with E-state index in [1.807, 2.05) is 11.8 Å². The maximum atomic E-state index is 11.2. The second-order valence-electron chi connectivity index (χ2n) is 5.04. The Morgan fingerprint density at radius 1 is 1.52 bits per heavy atom. The van der Waals surface area contributed by atoms with Gasteiger partial charge in [0.05, 0.1) is 23.5 Å². The van der Waals surface area contributed by atoms with E-state index in [-0.39, 0.29) is 11.7 Å². The van der Waals surface area contributed by atoms with Gasteiger partial charge in [-0.25, -0.2) is 0 Å². The number of benzene rings is 1. The lowest BCUT2D eigenvalue weighted by molar-refractivity contribution is -0.384. The lowest BCUT2D eigenvalue weighted by Crippen LogP contribution is -2.32. The molecule has 114 valence electrons. The quantitative estimate of drug-likeness (QED) is 0.661. The summed E-state index contributed by atoms with van der Waals surface area (Å²) < 4.78 is 5.36. The molecule has 21 heavy (non-hydrogen) atoms. The van der Waals surface area contributed by atoms with E-state index in [0.717, 1.165) is 0 Å². The molecule has 1 aliphatic rings. The SMILES string of the molecule is CCOc1cc(N2CCC(C(=O)O)C2C)cc([N+](=O)[O-])c1. The van der Waals surface area contributed by atoms with Crippen LogP contribution >= 0.6 is 0 Å². The van der Waals surface area contributed by atoms with Crippen molar-refractivity contribution in [3.63, 3.8) is 0 Å². The van der Waals surface area contributed by atoms with Crippen LogP contribution in [0.1, 0.15) is 20.3 Å². The molecule has 1 heterocycles. The number of hydrogen-bond donors (Lipinski definition) is 1. The van der Waals surface area contributed by atoms with E-state index in [9.17, 15) is 20.0 Å². The monoisotopic (exact) mass is 294 g/mol. The first kappa shape index (κ1) is 15.1. The number of carbonyl (C=O) groups is 1. The van der Waals surface area contributed by atoms with Crippen LogP contribution in [0.2, 0.25) is 0 Å². The van der Waals surface area contributed by atoms with Crippen LogP contribution in [0.3, 0.4) is 0 Å². The third-order valence-corrected chi connectivity index (χ3v) is 3.80. The van der Waals surface area contributed by atoms with Gasteiger partial charge in [0.2, 0.25) is 0 Å². The molecule has 1 aromatic rings. The highest BCUT2D eigenvalue weighted by atomic mass is 16.6. The van der Waals surface area contributed by atoms with Gasteiger partial charge < -0.3 is 14.7 Å². The summed E-state index contributed by atoms with van der Waals surface area (Å²) in [5.74, 6) is -0.868. The molecule has 2 rings (SSSR count). The Kier molecular flexibility index (Phi) is 4.30. The highest BCUT2D eigenvalue weighted by Gasteiger charge is 2.36. The zero-order valence-corrected chi connectivity index (χ0v) is 12.0. The first-order valence-electron chi connectivity index (χ1n) is 6.85. The van der Waals surface area contributed by atoms with Crippen molar-refractivity contribution in [1.29, 1.82) is 0 Å². The van der Waals surface area contributed by atoms with Crippen LogP contribution in [0.25, 0.3) is 0 Å². The molecule has 7 heteroatoms. The zero-order chi connectivity index (χ0) is 15.6. The number of anilines is 1. The van der Waals surface area contributed by atoms with Crippen molar-refractivity contribution < 1.29 is 19.6 Å². The second kappa shape index (κ2) is 5.99.